The summed E-state index contributed by atoms with van der Waals surface area (Å²) in [4.78, 5) is 0. The summed E-state index contributed by atoms with van der Waals surface area (Å²) in [6.07, 6.45) is 10.5. The van der Waals surface area contributed by atoms with Gasteiger partial charge >= 0.3 is 0 Å². The molecule has 4 aliphatic heterocycles. The van der Waals surface area contributed by atoms with Gasteiger partial charge in [-0.3, -0.25) is 0 Å². The van der Waals surface area contributed by atoms with E-state index in [9.17, 15) is 0 Å². The molecule has 0 amide bonds. The maximum atomic E-state index is 6.98. The summed E-state index contributed by atoms with van der Waals surface area (Å²) < 4.78 is 16.0. The van der Waals surface area contributed by atoms with Crippen molar-refractivity contribution in [1.82, 2.24) is 4.57 Å². The lowest BCUT2D eigenvalue weighted by Crippen LogP contribution is -2.26. The van der Waals surface area contributed by atoms with Crippen molar-refractivity contribution < 1.29 is 8.83 Å². The van der Waals surface area contributed by atoms with Crippen LogP contribution in [0.15, 0.2) is 203 Å². The summed E-state index contributed by atoms with van der Waals surface area (Å²) in [5.41, 5.74) is 18.3. The minimum atomic E-state index is -0.484. The summed E-state index contributed by atoms with van der Waals surface area (Å²) in [6.45, 7) is 0. The molecule has 284 valence electrons. The van der Waals surface area contributed by atoms with Crippen molar-refractivity contribution in [2.24, 2.45) is 5.41 Å². The fourth-order valence-electron chi connectivity index (χ4n) is 10.7. The van der Waals surface area contributed by atoms with Gasteiger partial charge in [-0.25, -0.2) is 0 Å². The summed E-state index contributed by atoms with van der Waals surface area (Å²) in [6, 6.07) is 64.3. The lowest BCUT2D eigenvalue weighted by atomic mass is 9.76. The predicted molar refractivity (Wildman–Crippen MR) is 251 cm³/mol. The predicted octanol–water partition coefficient (Wildman–Crippen LogP) is 13.9. The summed E-state index contributed by atoms with van der Waals surface area (Å²) >= 11 is 0. The van der Waals surface area contributed by atoms with Gasteiger partial charge in [0, 0.05) is 32.1 Å². The molecule has 0 saturated carbocycles. The average Bonchev–Trinajstić information content (AvgIpc) is 4.05. The highest BCUT2D eigenvalue weighted by Gasteiger charge is 2.40. The quantitative estimate of drug-likeness (QED) is 0.166. The summed E-state index contributed by atoms with van der Waals surface area (Å²) in [5, 5.41) is 6.97. The SMILES string of the molecule is C1=CC2=CC3(C=c4c(oc5ccccc45)=C3n3c4ccccc4c4cc(ccc43)-c3ccc4oc5cccc(c5c4c3)-c3ccc(cc3)-c3cc2cc(-c2ccccc2)c3)C1. The van der Waals surface area contributed by atoms with E-state index in [4.69, 9.17) is 8.83 Å². The summed E-state index contributed by atoms with van der Waals surface area (Å²) in [5.74, 6) is 0. The number of rotatable bonds is 1. The molecule has 1 atom stereocenters. The van der Waals surface area contributed by atoms with Crippen molar-refractivity contribution in [2.75, 3.05) is 0 Å². The molecule has 3 nitrogen and oxygen atoms in total. The van der Waals surface area contributed by atoms with E-state index in [0.29, 0.717) is 0 Å². The van der Waals surface area contributed by atoms with Gasteiger partial charge < -0.3 is 13.4 Å². The lowest BCUT2D eigenvalue weighted by molar-refractivity contribution is 0.557. The van der Waals surface area contributed by atoms with Gasteiger partial charge in [-0.2, -0.15) is 0 Å². The monoisotopic (exact) mass is 777 g/mol. The number of furan rings is 2. The van der Waals surface area contributed by atoms with Gasteiger partial charge in [0.25, 0.3) is 0 Å². The van der Waals surface area contributed by atoms with Gasteiger partial charge in [0.15, 0.2) is 5.42 Å². The molecule has 1 spiro atoms. The topological polar surface area (TPSA) is 31.2 Å². The third kappa shape index (κ3) is 4.69. The molecular weight excluding hydrogens is 743 g/mol. The standard InChI is InChI=1S/C58H35NO2/c1-2-10-35(11-3-1)41-28-42-30-43(29-41)40-12-9-27-58(33-40)34-49-46-14-5-7-17-52(46)61-56(49)57(58)59-50-16-6-4-13-45(50)47-31-38(23-25-51(47)59)39-24-26-53-48(32-39)55-44(15-8-18-54(55)60-53)37-21-19-36(42)20-22-37/h1-26,28-34H,27H2. The third-order valence-electron chi connectivity index (χ3n) is 13.5. The number of hydrogen-bond acceptors (Lipinski definition) is 2. The number of hydrogen-bond donors (Lipinski definition) is 0. The van der Waals surface area contributed by atoms with Crippen LogP contribution in [0.5, 0.6) is 0 Å². The van der Waals surface area contributed by atoms with E-state index < -0.39 is 5.41 Å². The fourth-order valence-corrected chi connectivity index (χ4v) is 10.7. The minimum Gasteiger partial charge on any atom is -0.456 e. The Balaban J connectivity index is 1.13. The van der Waals surface area contributed by atoms with Gasteiger partial charge in [0.2, 0.25) is 0 Å². The second-order valence-corrected chi connectivity index (χ2v) is 16.9. The molecular formula is C58H35NO2. The molecule has 7 heterocycles. The highest BCUT2D eigenvalue weighted by atomic mass is 16.3. The van der Waals surface area contributed by atoms with E-state index in [-0.39, 0.29) is 0 Å². The molecule has 3 heteroatoms. The van der Waals surface area contributed by atoms with Crippen molar-refractivity contribution in [1.29, 1.82) is 0 Å². The maximum Gasteiger partial charge on any atom is 0.156 e. The second-order valence-electron chi connectivity index (χ2n) is 16.9. The van der Waals surface area contributed by atoms with Crippen LogP contribution in [0.3, 0.4) is 0 Å². The molecule has 3 aromatic heterocycles. The largest absolute Gasteiger partial charge is 0.456 e. The van der Waals surface area contributed by atoms with Crippen LogP contribution in [-0.2, 0) is 0 Å². The van der Waals surface area contributed by atoms with E-state index in [0.717, 1.165) is 88.9 Å². The Morgan fingerprint density at radius 2 is 1.08 bits per heavy atom. The number of para-hydroxylation sites is 2. The minimum absolute atomic E-state index is 0.484. The van der Waals surface area contributed by atoms with Crippen LogP contribution in [0.4, 0.5) is 0 Å². The number of aromatic nitrogens is 1. The molecule has 0 N–H and O–H groups in total. The zero-order valence-electron chi connectivity index (χ0n) is 33.0. The number of fused-ring (bicyclic) bond motifs is 4. The first-order valence-corrected chi connectivity index (χ1v) is 21.1. The van der Waals surface area contributed by atoms with Crippen LogP contribution in [0.25, 0.3) is 117 Å². The van der Waals surface area contributed by atoms with Crippen LogP contribution in [0, 0.1) is 5.41 Å². The van der Waals surface area contributed by atoms with E-state index in [1.165, 1.54) is 44.2 Å². The maximum absolute atomic E-state index is 6.98. The molecule has 2 aliphatic carbocycles. The van der Waals surface area contributed by atoms with E-state index in [1.807, 2.05) is 0 Å². The van der Waals surface area contributed by atoms with Gasteiger partial charge in [-0.1, -0.05) is 140 Å². The zero-order valence-corrected chi connectivity index (χ0v) is 33.0. The van der Waals surface area contributed by atoms with Crippen LogP contribution < -0.4 is 10.6 Å². The van der Waals surface area contributed by atoms with E-state index in [1.54, 1.807) is 0 Å². The van der Waals surface area contributed by atoms with Crippen molar-refractivity contribution in [3.05, 3.63) is 210 Å². The average molecular weight is 778 g/mol. The zero-order chi connectivity index (χ0) is 39.8. The van der Waals surface area contributed by atoms with Crippen molar-refractivity contribution >= 4 is 72.1 Å². The van der Waals surface area contributed by atoms with Crippen molar-refractivity contribution in [3.63, 3.8) is 0 Å². The first kappa shape index (κ1) is 33.0. The van der Waals surface area contributed by atoms with Crippen molar-refractivity contribution in [3.8, 4) is 44.5 Å². The van der Waals surface area contributed by atoms with Gasteiger partial charge in [0.1, 0.15) is 16.7 Å². The Labute approximate surface area is 350 Å². The third-order valence-corrected chi connectivity index (χ3v) is 13.5. The van der Waals surface area contributed by atoms with Crippen LogP contribution >= 0.6 is 0 Å². The van der Waals surface area contributed by atoms with Gasteiger partial charge in [-0.05, 0) is 123 Å². The Kier molecular flexibility index (Phi) is 6.54. The molecule has 0 saturated heterocycles. The molecule has 8 aromatic carbocycles. The first-order chi connectivity index (χ1) is 30.2. The molecule has 61 heavy (non-hydrogen) atoms. The van der Waals surface area contributed by atoms with E-state index in [2.05, 4.69) is 205 Å². The highest BCUT2D eigenvalue weighted by Crippen LogP contribution is 2.49. The fraction of sp³-hybridized carbons (Fsp3) is 0.0345. The molecule has 11 aromatic rings. The molecule has 6 aliphatic rings. The Morgan fingerprint density at radius 1 is 0.426 bits per heavy atom. The molecule has 17 rings (SSSR count). The van der Waals surface area contributed by atoms with Crippen LogP contribution in [-0.4, -0.2) is 4.57 Å². The number of allylic oxidation sites excluding steroid dienone is 4. The first-order valence-electron chi connectivity index (χ1n) is 21.1. The highest BCUT2D eigenvalue weighted by molar-refractivity contribution is 6.15. The lowest BCUT2D eigenvalue weighted by Gasteiger charge is -2.31. The molecule has 12 bridgehead atoms. The second kappa shape index (κ2) is 12.1. The van der Waals surface area contributed by atoms with Crippen LogP contribution in [0.2, 0.25) is 0 Å². The summed E-state index contributed by atoms with van der Waals surface area (Å²) in [7, 11) is 0. The normalized spacial score (nSPS) is 16.3. The number of benzene rings is 8. The Morgan fingerprint density at radius 3 is 1.95 bits per heavy atom. The van der Waals surface area contributed by atoms with Gasteiger partial charge in [-0.15, -0.1) is 0 Å². The smallest absolute Gasteiger partial charge is 0.156 e. The van der Waals surface area contributed by atoms with E-state index >= 15 is 0 Å². The van der Waals surface area contributed by atoms with Crippen LogP contribution in [0.1, 0.15) is 12.0 Å². The molecule has 1 unspecified atom stereocenters. The Bertz CT molecular complexity index is 3890. The number of nitrogens with zero attached hydrogens (tertiary/aromatic N) is 1. The van der Waals surface area contributed by atoms with Crippen molar-refractivity contribution in [2.45, 2.75) is 6.42 Å². The molecule has 0 radical (unpaired) electrons. The molecule has 0 fully saturated rings. The Hall–Kier alpha value is -7.88. The van der Waals surface area contributed by atoms with Gasteiger partial charge in [0.05, 0.1) is 22.1 Å².